The molecule has 0 spiro atoms. The molecular formula is C18H38F3N2O5P. The zero-order valence-electron chi connectivity index (χ0n) is 17.8. The van der Waals surface area contributed by atoms with Crippen LogP contribution in [0, 0.1) is 0 Å². The summed E-state index contributed by atoms with van der Waals surface area (Å²) in [7, 11) is -4.36. The number of hydrogen-bond donors (Lipinski definition) is 3. The Morgan fingerprint density at radius 3 is 1.66 bits per heavy atom. The third-order valence-corrected chi connectivity index (χ3v) is 4.73. The first kappa shape index (κ1) is 30.5. The SMILES string of the molecule is CCN(CC)CC.O=C(NCCCCCCCCCCOP(=O)(O)O)C(F)(F)F. The molecule has 0 aromatic heterocycles. The maximum absolute atomic E-state index is 11.9. The van der Waals surface area contributed by atoms with E-state index in [0.717, 1.165) is 38.5 Å². The lowest BCUT2D eigenvalue weighted by atomic mass is 10.1. The van der Waals surface area contributed by atoms with Crippen LogP contribution in [0.4, 0.5) is 13.2 Å². The number of amides is 1. The molecule has 0 saturated carbocycles. The quantitative estimate of drug-likeness (QED) is 0.255. The second-order valence-corrected chi connectivity index (χ2v) is 7.76. The van der Waals surface area contributed by atoms with E-state index in [9.17, 15) is 22.5 Å². The molecule has 29 heavy (non-hydrogen) atoms. The number of carbonyl (C=O) groups is 1. The molecule has 0 saturated heterocycles. The van der Waals surface area contributed by atoms with Crippen LogP contribution in [0.1, 0.15) is 72.1 Å². The number of phosphoric ester groups is 1. The standard InChI is InChI=1S/C12H23F3NO5P.C6H15N/c13-12(14,15)11(17)16-9-7-5-3-1-2-4-6-8-10-21-22(18,19)20;1-4-7(5-2)6-3/h1-10H2,(H,16,17)(H2,18,19,20);4-6H2,1-3H3. The molecule has 7 nitrogen and oxygen atoms in total. The van der Waals surface area contributed by atoms with Crippen molar-refractivity contribution >= 4 is 13.7 Å². The molecule has 0 aromatic carbocycles. The fourth-order valence-electron chi connectivity index (χ4n) is 2.44. The van der Waals surface area contributed by atoms with Gasteiger partial charge in [-0.25, -0.2) is 4.57 Å². The average molecular weight is 450 g/mol. The molecule has 0 unspecified atom stereocenters. The van der Waals surface area contributed by atoms with Crippen molar-refractivity contribution in [2.45, 2.75) is 78.3 Å². The Hall–Kier alpha value is -0.670. The summed E-state index contributed by atoms with van der Waals surface area (Å²) >= 11 is 0. The Bertz CT molecular complexity index is 438. The van der Waals surface area contributed by atoms with Crippen molar-refractivity contribution in [1.29, 1.82) is 0 Å². The van der Waals surface area contributed by atoms with E-state index in [1.807, 2.05) is 5.32 Å². The summed E-state index contributed by atoms with van der Waals surface area (Å²) in [5.74, 6) is -1.90. The van der Waals surface area contributed by atoms with E-state index in [4.69, 9.17) is 9.79 Å². The number of halogens is 3. The van der Waals surface area contributed by atoms with Crippen LogP contribution in [0.2, 0.25) is 0 Å². The first-order valence-corrected chi connectivity index (χ1v) is 11.8. The molecule has 176 valence electrons. The summed E-state index contributed by atoms with van der Waals surface area (Å²) in [5.41, 5.74) is 0. The highest BCUT2D eigenvalue weighted by atomic mass is 31.2. The number of carbonyl (C=O) groups excluding carboxylic acids is 1. The molecule has 0 aliphatic rings. The molecule has 0 heterocycles. The highest BCUT2D eigenvalue weighted by molar-refractivity contribution is 7.46. The fourth-order valence-corrected chi connectivity index (χ4v) is 2.81. The summed E-state index contributed by atoms with van der Waals surface area (Å²) in [6, 6.07) is 0. The van der Waals surface area contributed by atoms with Crippen molar-refractivity contribution in [3.63, 3.8) is 0 Å². The lowest BCUT2D eigenvalue weighted by Gasteiger charge is -2.13. The van der Waals surface area contributed by atoms with Crippen LogP contribution in [0.3, 0.4) is 0 Å². The van der Waals surface area contributed by atoms with Gasteiger partial charge in [0.05, 0.1) is 6.61 Å². The van der Waals surface area contributed by atoms with Crippen molar-refractivity contribution in [3.05, 3.63) is 0 Å². The van der Waals surface area contributed by atoms with Crippen LogP contribution in [-0.4, -0.2) is 59.6 Å². The van der Waals surface area contributed by atoms with Gasteiger partial charge in [-0.15, -0.1) is 0 Å². The van der Waals surface area contributed by atoms with Crippen LogP contribution in [-0.2, 0) is 13.9 Å². The van der Waals surface area contributed by atoms with Gasteiger partial charge < -0.3 is 20.0 Å². The lowest BCUT2D eigenvalue weighted by molar-refractivity contribution is -0.173. The average Bonchev–Trinajstić information content (AvgIpc) is 2.62. The highest BCUT2D eigenvalue weighted by Gasteiger charge is 2.38. The number of nitrogens with one attached hydrogen (secondary N) is 1. The van der Waals surface area contributed by atoms with E-state index in [2.05, 4.69) is 30.2 Å². The number of nitrogens with zero attached hydrogens (tertiary/aromatic N) is 1. The van der Waals surface area contributed by atoms with Crippen LogP contribution < -0.4 is 5.32 Å². The zero-order valence-corrected chi connectivity index (χ0v) is 18.7. The topological polar surface area (TPSA) is 99.1 Å². The second-order valence-electron chi connectivity index (χ2n) is 6.53. The lowest BCUT2D eigenvalue weighted by Crippen LogP contribution is -2.37. The summed E-state index contributed by atoms with van der Waals surface area (Å²) in [5, 5.41) is 1.82. The monoisotopic (exact) mass is 450 g/mol. The molecular weight excluding hydrogens is 412 g/mol. The summed E-state index contributed by atoms with van der Waals surface area (Å²) < 4.78 is 50.2. The predicted molar refractivity (Wildman–Crippen MR) is 107 cm³/mol. The molecule has 0 radical (unpaired) electrons. The number of unbranched alkanes of at least 4 members (excludes halogenated alkanes) is 7. The Balaban J connectivity index is 0. The smallest absolute Gasteiger partial charge is 0.348 e. The van der Waals surface area contributed by atoms with E-state index in [1.165, 1.54) is 19.6 Å². The Kier molecular flexibility index (Phi) is 19.1. The predicted octanol–water partition coefficient (Wildman–Crippen LogP) is 4.24. The Morgan fingerprint density at radius 2 is 1.31 bits per heavy atom. The minimum absolute atomic E-state index is 0.0259. The highest BCUT2D eigenvalue weighted by Crippen LogP contribution is 2.35. The third kappa shape index (κ3) is 23.5. The van der Waals surface area contributed by atoms with E-state index < -0.39 is 19.9 Å². The van der Waals surface area contributed by atoms with Crippen LogP contribution >= 0.6 is 7.82 Å². The van der Waals surface area contributed by atoms with Gasteiger partial charge >= 0.3 is 19.9 Å². The largest absolute Gasteiger partial charge is 0.471 e. The summed E-state index contributed by atoms with van der Waals surface area (Å²) in [4.78, 5) is 29.7. The number of hydrogen-bond acceptors (Lipinski definition) is 4. The van der Waals surface area contributed by atoms with Crippen molar-refractivity contribution in [2.24, 2.45) is 0 Å². The first-order chi connectivity index (χ1) is 13.5. The van der Waals surface area contributed by atoms with E-state index in [1.54, 1.807) is 0 Å². The van der Waals surface area contributed by atoms with Gasteiger partial charge in [-0.05, 0) is 32.5 Å². The van der Waals surface area contributed by atoms with E-state index >= 15 is 0 Å². The number of phosphoric acid groups is 1. The van der Waals surface area contributed by atoms with Crippen LogP contribution in [0.5, 0.6) is 0 Å². The second kappa shape index (κ2) is 18.1. The van der Waals surface area contributed by atoms with Gasteiger partial charge in [0.1, 0.15) is 0 Å². The Morgan fingerprint density at radius 1 is 0.897 bits per heavy atom. The fraction of sp³-hybridized carbons (Fsp3) is 0.944. The van der Waals surface area contributed by atoms with E-state index in [0.29, 0.717) is 12.8 Å². The van der Waals surface area contributed by atoms with Crippen molar-refractivity contribution in [3.8, 4) is 0 Å². The number of rotatable bonds is 15. The molecule has 0 bridgehead atoms. The third-order valence-electron chi connectivity index (χ3n) is 4.22. The normalized spacial score (nSPS) is 11.9. The van der Waals surface area contributed by atoms with Gasteiger partial charge in [0, 0.05) is 6.54 Å². The van der Waals surface area contributed by atoms with Crippen molar-refractivity contribution in [2.75, 3.05) is 32.8 Å². The summed E-state index contributed by atoms with van der Waals surface area (Å²) in [6.45, 7) is 10.2. The minimum atomic E-state index is -4.82. The first-order valence-electron chi connectivity index (χ1n) is 10.2. The van der Waals surface area contributed by atoms with Crippen LogP contribution in [0.15, 0.2) is 0 Å². The molecule has 1 amide bonds. The minimum Gasteiger partial charge on any atom is -0.348 e. The zero-order chi connectivity index (χ0) is 22.8. The molecule has 0 rings (SSSR count). The Labute approximate surface area is 172 Å². The molecule has 3 N–H and O–H groups in total. The van der Waals surface area contributed by atoms with Gasteiger partial charge in [0.2, 0.25) is 0 Å². The molecule has 0 atom stereocenters. The van der Waals surface area contributed by atoms with Gasteiger partial charge in [-0.3, -0.25) is 9.32 Å². The van der Waals surface area contributed by atoms with Crippen molar-refractivity contribution < 1.29 is 36.8 Å². The van der Waals surface area contributed by atoms with Gasteiger partial charge in [-0.2, -0.15) is 13.2 Å². The maximum atomic E-state index is 11.9. The van der Waals surface area contributed by atoms with Gasteiger partial charge in [0.15, 0.2) is 0 Å². The van der Waals surface area contributed by atoms with Gasteiger partial charge in [-0.1, -0.05) is 59.3 Å². The molecule has 0 aromatic rings. The molecule has 11 heteroatoms. The molecule has 0 aliphatic heterocycles. The summed E-state index contributed by atoms with van der Waals surface area (Å²) in [6.07, 6.45) is 1.50. The van der Waals surface area contributed by atoms with Gasteiger partial charge in [0.25, 0.3) is 0 Å². The number of alkyl halides is 3. The van der Waals surface area contributed by atoms with Crippen LogP contribution in [0.25, 0.3) is 0 Å². The molecule has 0 fully saturated rings. The van der Waals surface area contributed by atoms with E-state index in [-0.39, 0.29) is 13.2 Å². The maximum Gasteiger partial charge on any atom is 0.471 e. The molecule has 0 aliphatic carbocycles. The van der Waals surface area contributed by atoms with Crippen molar-refractivity contribution in [1.82, 2.24) is 10.2 Å².